The molecular weight excluding hydrogens is 274 g/mol. The van der Waals surface area contributed by atoms with Gasteiger partial charge >= 0.3 is 0 Å². The number of rotatable bonds is 4. The number of methoxy groups -OCH3 is 1. The molecule has 0 saturated heterocycles. The second-order valence-corrected chi connectivity index (χ2v) is 5.99. The van der Waals surface area contributed by atoms with E-state index in [1.807, 2.05) is 0 Å². The van der Waals surface area contributed by atoms with Crippen molar-refractivity contribution in [1.82, 2.24) is 0 Å². The van der Waals surface area contributed by atoms with E-state index in [1.165, 1.54) is 0 Å². The molecule has 1 aromatic rings. The number of hydrogen-bond donors (Lipinski definition) is 1. The lowest BCUT2D eigenvalue weighted by atomic mass is 9.78. The lowest BCUT2D eigenvalue weighted by Crippen LogP contribution is -2.24. The average Bonchev–Trinajstić information content (AvgIpc) is 2.91. The van der Waals surface area contributed by atoms with E-state index in [0.717, 1.165) is 25.7 Å². The van der Waals surface area contributed by atoms with Gasteiger partial charge in [-0.1, -0.05) is 31.0 Å². The van der Waals surface area contributed by atoms with Gasteiger partial charge in [0.25, 0.3) is 0 Å². The Balaban J connectivity index is 2.28. The lowest BCUT2D eigenvalue weighted by Gasteiger charge is -2.28. The molecule has 1 fully saturated rings. The quantitative estimate of drug-likeness (QED) is 0.909. The maximum absolute atomic E-state index is 10.7. The Hall–Kier alpha value is -1.24. The molecule has 0 radical (unpaired) electrons. The highest BCUT2D eigenvalue weighted by Gasteiger charge is 2.45. The maximum Gasteiger partial charge on any atom is 0.137 e. The minimum Gasteiger partial charge on any atom is -0.495 e. The molecule has 3 nitrogen and oxygen atoms in total. The van der Waals surface area contributed by atoms with Crippen molar-refractivity contribution in [2.75, 3.05) is 7.11 Å². The molecule has 0 aromatic heterocycles. The molecule has 0 heterocycles. The molecule has 1 N–H and O–H groups in total. The molecule has 1 aliphatic carbocycles. The fourth-order valence-electron chi connectivity index (χ4n) is 3.11. The van der Waals surface area contributed by atoms with Crippen LogP contribution in [-0.4, -0.2) is 12.2 Å². The molecule has 108 valence electrons. The molecule has 1 aromatic carbocycles. The summed E-state index contributed by atoms with van der Waals surface area (Å²) >= 11 is 6.11. The zero-order valence-corrected chi connectivity index (χ0v) is 12.7. The Bertz CT molecular complexity index is 526. The first-order valence-corrected chi connectivity index (χ1v) is 7.37. The van der Waals surface area contributed by atoms with E-state index < -0.39 is 11.5 Å². The Morgan fingerprint density at radius 2 is 2.35 bits per heavy atom. The highest BCUT2D eigenvalue weighted by Crippen LogP contribution is 2.50. The fourth-order valence-corrected chi connectivity index (χ4v) is 3.38. The van der Waals surface area contributed by atoms with Crippen LogP contribution in [0.2, 0.25) is 5.02 Å². The predicted molar refractivity (Wildman–Crippen MR) is 78.6 cm³/mol. The third-order valence-corrected chi connectivity index (χ3v) is 4.76. The van der Waals surface area contributed by atoms with Crippen LogP contribution < -0.4 is 4.74 Å². The number of aliphatic hydroxyl groups excluding tert-OH is 1. The van der Waals surface area contributed by atoms with Gasteiger partial charge in [0.15, 0.2) is 0 Å². The van der Waals surface area contributed by atoms with Crippen LogP contribution in [0.4, 0.5) is 0 Å². The van der Waals surface area contributed by atoms with Crippen molar-refractivity contribution in [3.63, 3.8) is 0 Å². The second-order valence-electron chi connectivity index (χ2n) is 5.58. The minimum atomic E-state index is -0.799. The summed E-state index contributed by atoms with van der Waals surface area (Å²) in [5.41, 5.74) is 0.00703. The van der Waals surface area contributed by atoms with E-state index in [9.17, 15) is 10.4 Å². The number of benzene rings is 1. The lowest BCUT2D eigenvalue weighted by molar-refractivity contribution is 0.0640. The van der Waals surface area contributed by atoms with Crippen LogP contribution in [0.3, 0.4) is 0 Å². The molecule has 1 saturated carbocycles. The van der Waals surface area contributed by atoms with Crippen LogP contribution in [0, 0.1) is 22.7 Å². The molecule has 3 unspecified atom stereocenters. The van der Waals surface area contributed by atoms with Crippen LogP contribution in [0.25, 0.3) is 0 Å². The van der Waals surface area contributed by atoms with Crippen LogP contribution in [0.15, 0.2) is 18.2 Å². The summed E-state index contributed by atoms with van der Waals surface area (Å²) in [4.78, 5) is 0. The van der Waals surface area contributed by atoms with E-state index in [2.05, 4.69) is 13.0 Å². The third kappa shape index (κ3) is 2.63. The SMILES string of the molecule is CCC1CCC(C#N)(C(O)c2ccc(OC)c(Cl)c2)C1. The van der Waals surface area contributed by atoms with E-state index in [-0.39, 0.29) is 0 Å². The predicted octanol–water partition coefficient (Wildman–Crippen LogP) is 4.10. The van der Waals surface area contributed by atoms with Gasteiger partial charge in [-0.05, 0) is 42.9 Å². The van der Waals surface area contributed by atoms with Gasteiger partial charge in [0.1, 0.15) is 5.75 Å². The van der Waals surface area contributed by atoms with Gasteiger partial charge in [-0.2, -0.15) is 5.26 Å². The summed E-state index contributed by atoms with van der Waals surface area (Å²) in [5.74, 6) is 1.10. The Morgan fingerprint density at radius 1 is 1.60 bits per heavy atom. The normalized spacial score (nSPS) is 27.1. The maximum atomic E-state index is 10.7. The summed E-state index contributed by atoms with van der Waals surface area (Å²) in [7, 11) is 1.55. The molecule has 4 heteroatoms. The van der Waals surface area contributed by atoms with E-state index >= 15 is 0 Å². The van der Waals surface area contributed by atoms with Crippen LogP contribution >= 0.6 is 11.6 Å². The Morgan fingerprint density at radius 3 is 2.85 bits per heavy atom. The highest BCUT2D eigenvalue weighted by molar-refractivity contribution is 6.32. The van der Waals surface area contributed by atoms with Crippen molar-refractivity contribution in [3.05, 3.63) is 28.8 Å². The van der Waals surface area contributed by atoms with Gasteiger partial charge in [-0.3, -0.25) is 0 Å². The smallest absolute Gasteiger partial charge is 0.137 e. The number of halogens is 1. The fraction of sp³-hybridized carbons (Fsp3) is 0.562. The van der Waals surface area contributed by atoms with Crippen molar-refractivity contribution < 1.29 is 9.84 Å². The Labute approximate surface area is 125 Å². The van der Waals surface area contributed by atoms with Crippen molar-refractivity contribution in [1.29, 1.82) is 5.26 Å². The number of aliphatic hydroxyl groups is 1. The average molecular weight is 294 g/mol. The molecule has 0 spiro atoms. The third-order valence-electron chi connectivity index (χ3n) is 4.47. The first kappa shape index (κ1) is 15.2. The molecule has 3 atom stereocenters. The van der Waals surface area contributed by atoms with Gasteiger partial charge < -0.3 is 9.84 Å². The van der Waals surface area contributed by atoms with Crippen LogP contribution in [0.1, 0.15) is 44.3 Å². The Kier molecular flexibility index (Phi) is 4.57. The standard InChI is InChI=1S/C16H20ClNO2/c1-3-11-6-7-16(9-11,10-18)15(19)12-4-5-14(20-2)13(17)8-12/h4-5,8,11,15,19H,3,6-7,9H2,1-2H3. The molecule has 2 rings (SSSR count). The van der Waals surface area contributed by atoms with Crippen molar-refractivity contribution >= 4 is 11.6 Å². The zero-order chi connectivity index (χ0) is 14.8. The summed E-state index contributed by atoms with van der Waals surface area (Å²) in [5, 5.41) is 20.7. The van der Waals surface area contributed by atoms with Crippen molar-refractivity contribution in [2.24, 2.45) is 11.3 Å². The van der Waals surface area contributed by atoms with Gasteiger partial charge in [-0.15, -0.1) is 0 Å². The van der Waals surface area contributed by atoms with Gasteiger partial charge in [0, 0.05) is 0 Å². The second kappa shape index (κ2) is 6.03. The van der Waals surface area contributed by atoms with Crippen LogP contribution in [0.5, 0.6) is 5.75 Å². The molecule has 0 amide bonds. The van der Waals surface area contributed by atoms with Gasteiger partial charge in [0.05, 0.1) is 29.7 Å². The molecule has 0 bridgehead atoms. The van der Waals surface area contributed by atoms with Gasteiger partial charge in [-0.25, -0.2) is 0 Å². The van der Waals surface area contributed by atoms with Crippen LogP contribution in [-0.2, 0) is 0 Å². The van der Waals surface area contributed by atoms with E-state index in [0.29, 0.717) is 22.3 Å². The number of nitriles is 1. The van der Waals surface area contributed by atoms with E-state index in [4.69, 9.17) is 16.3 Å². The zero-order valence-electron chi connectivity index (χ0n) is 11.9. The topological polar surface area (TPSA) is 53.2 Å². The molecule has 1 aliphatic rings. The first-order chi connectivity index (χ1) is 9.56. The molecule has 0 aliphatic heterocycles. The molecular formula is C16H20ClNO2. The number of hydrogen-bond acceptors (Lipinski definition) is 3. The summed E-state index contributed by atoms with van der Waals surface area (Å²) in [6.07, 6.45) is 2.76. The first-order valence-electron chi connectivity index (χ1n) is 6.99. The largest absolute Gasteiger partial charge is 0.495 e. The summed E-state index contributed by atoms with van der Waals surface area (Å²) in [6, 6.07) is 7.58. The van der Waals surface area contributed by atoms with Crippen molar-refractivity contribution in [2.45, 2.75) is 38.7 Å². The number of ether oxygens (including phenoxy) is 1. The number of nitrogens with zero attached hydrogens (tertiary/aromatic N) is 1. The van der Waals surface area contributed by atoms with Crippen molar-refractivity contribution in [3.8, 4) is 11.8 Å². The monoisotopic (exact) mass is 293 g/mol. The molecule has 20 heavy (non-hydrogen) atoms. The highest BCUT2D eigenvalue weighted by atomic mass is 35.5. The summed E-state index contributed by atoms with van der Waals surface area (Å²) < 4.78 is 5.11. The summed E-state index contributed by atoms with van der Waals surface area (Å²) in [6.45, 7) is 2.13. The minimum absolute atomic E-state index is 0.460. The van der Waals surface area contributed by atoms with E-state index in [1.54, 1.807) is 25.3 Å². The van der Waals surface area contributed by atoms with Gasteiger partial charge in [0.2, 0.25) is 0 Å².